The molecule has 0 amide bonds. The van der Waals surface area contributed by atoms with Crippen LogP contribution in [-0.2, 0) is 69.7 Å². The average molecular weight is 1120 g/mol. The molecule has 0 saturated carbocycles. The molecule has 4 heterocycles. The van der Waals surface area contributed by atoms with Gasteiger partial charge in [-0.3, -0.25) is 19.6 Å². The minimum absolute atomic E-state index is 0.280. The summed E-state index contributed by atoms with van der Waals surface area (Å²) in [6.07, 6.45) is 17.0. The molecule has 0 aliphatic carbocycles. The van der Waals surface area contributed by atoms with E-state index in [2.05, 4.69) is 55.4 Å². The summed E-state index contributed by atoms with van der Waals surface area (Å²) in [6, 6.07) is 0. The Balaban J connectivity index is 1.46. The minimum Gasteiger partial charge on any atom is -0.361 e. The molecule has 4 rings (SSSR count). The molecule has 2 aliphatic heterocycles. The average Bonchev–Trinajstić information content (AvgIpc) is 3.47. The first-order chi connectivity index (χ1) is 38.8. The van der Waals surface area contributed by atoms with Crippen molar-refractivity contribution in [3.63, 3.8) is 0 Å². The number of nitrogens with zero attached hydrogens (tertiary/aromatic N) is 10. The van der Waals surface area contributed by atoms with Crippen LogP contribution >= 0.6 is 0 Å². The zero-order valence-electron chi connectivity index (χ0n) is 50.3. The first-order valence-corrected chi connectivity index (χ1v) is 30.4. The van der Waals surface area contributed by atoms with Crippen LogP contribution in [0, 0.1) is 5.41 Å². The van der Waals surface area contributed by atoms with Crippen molar-refractivity contribution in [1.82, 2.24) is 29.9 Å². The molecule has 2 saturated heterocycles. The number of hydrogen-bond donors (Lipinski definition) is 0. The van der Waals surface area contributed by atoms with Gasteiger partial charge in [0.2, 0.25) is 23.8 Å². The van der Waals surface area contributed by atoms with E-state index in [9.17, 15) is 0 Å². The monoisotopic (exact) mass is 1120 g/mol. The summed E-state index contributed by atoms with van der Waals surface area (Å²) < 4.78 is 74.6. The minimum atomic E-state index is -0.474. The van der Waals surface area contributed by atoms with E-state index in [-0.39, 0.29) is 53.8 Å². The lowest BCUT2D eigenvalue weighted by Gasteiger charge is -2.43. The second-order valence-electron chi connectivity index (χ2n) is 20.7. The van der Waals surface area contributed by atoms with Crippen LogP contribution in [-0.4, -0.2) is 176 Å². The van der Waals surface area contributed by atoms with Gasteiger partial charge in [-0.05, 0) is 51.4 Å². The van der Waals surface area contributed by atoms with Gasteiger partial charge in [0.1, 0.15) is 65.5 Å². The molecule has 0 radical (unpaired) electrons. The fourth-order valence-electron chi connectivity index (χ4n) is 7.81. The highest BCUT2D eigenvalue weighted by Crippen LogP contribution is 2.32. The largest absolute Gasteiger partial charge is 0.361 e. The van der Waals surface area contributed by atoms with E-state index >= 15 is 0 Å². The Labute approximate surface area is 475 Å². The number of ether oxygens (including phenoxy) is 12. The summed E-state index contributed by atoms with van der Waals surface area (Å²) in [7, 11) is 0. The van der Waals surface area contributed by atoms with Crippen molar-refractivity contribution in [1.29, 1.82) is 0 Å². The Bertz CT molecular complexity index is 1520. The Kier molecular flexibility index (Phi) is 37.5. The zero-order valence-corrected chi connectivity index (χ0v) is 50.3. The van der Waals surface area contributed by atoms with Gasteiger partial charge in [0.15, 0.2) is 12.6 Å². The predicted molar refractivity (Wildman–Crippen MR) is 306 cm³/mol. The Hall–Kier alpha value is -3.26. The van der Waals surface area contributed by atoms with E-state index in [1.807, 2.05) is 19.6 Å². The van der Waals surface area contributed by atoms with Crippen LogP contribution in [0.2, 0.25) is 0 Å². The molecule has 2 fully saturated rings. The molecule has 22 nitrogen and oxygen atoms in total. The van der Waals surface area contributed by atoms with E-state index in [1.165, 1.54) is 0 Å². The van der Waals surface area contributed by atoms with E-state index in [4.69, 9.17) is 86.7 Å². The van der Waals surface area contributed by atoms with Crippen molar-refractivity contribution >= 4 is 23.8 Å². The molecule has 0 bridgehead atoms. The summed E-state index contributed by atoms with van der Waals surface area (Å²) in [5.41, 5.74) is -0.452. The molecule has 2 aromatic heterocycles. The molecule has 79 heavy (non-hydrogen) atoms. The molecule has 456 valence electrons. The van der Waals surface area contributed by atoms with Gasteiger partial charge in [-0.15, -0.1) is 0 Å². The molecule has 0 aromatic carbocycles. The topological polar surface area (TPSA) is 201 Å². The summed E-state index contributed by atoms with van der Waals surface area (Å²) in [6.45, 7) is 26.1. The number of aryl methyl sites for hydroxylation is 2. The SMILES string of the molecule is CCCCOCN(COCCCC)c1nc(CCC2OCC3(CO2)COC(CCc2nc(N(COCCCC)COCCCC)nc(N(COCCCC)COCCCC)n2)OC3)nc(N(COCCCC)COCCCC)n1. The summed E-state index contributed by atoms with van der Waals surface area (Å²) >= 11 is 0. The van der Waals surface area contributed by atoms with Crippen LogP contribution in [0.5, 0.6) is 0 Å². The number of anilines is 4. The van der Waals surface area contributed by atoms with Crippen molar-refractivity contribution < 1.29 is 56.8 Å². The highest BCUT2D eigenvalue weighted by molar-refractivity contribution is 5.39. The lowest BCUT2D eigenvalue weighted by molar-refractivity contribution is -0.303. The van der Waals surface area contributed by atoms with Crippen LogP contribution in [0.15, 0.2) is 0 Å². The third-order valence-corrected chi connectivity index (χ3v) is 13.1. The molecular weight excluding hydrogens is 1020 g/mol. The van der Waals surface area contributed by atoms with Gasteiger partial charge in [-0.25, -0.2) is 0 Å². The molecule has 0 atom stereocenters. The van der Waals surface area contributed by atoms with E-state index in [1.54, 1.807) is 0 Å². The van der Waals surface area contributed by atoms with Gasteiger partial charge < -0.3 is 56.8 Å². The van der Waals surface area contributed by atoms with Gasteiger partial charge in [-0.2, -0.15) is 29.9 Å². The highest BCUT2D eigenvalue weighted by Gasteiger charge is 2.42. The van der Waals surface area contributed by atoms with Crippen LogP contribution in [0.4, 0.5) is 23.8 Å². The summed E-state index contributed by atoms with van der Waals surface area (Å²) in [5, 5.41) is 0. The first-order valence-electron chi connectivity index (χ1n) is 30.4. The normalized spacial score (nSPS) is 17.5. The quantitative estimate of drug-likeness (QED) is 0.0447. The van der Waals surface area contributed by atoms with E-state index in [0.29, 0.717) is 140 Å². The smallest absolute Gasteiger partial charge is 0.234 e. The van der Waals surface area contributed by atoms with Crippen molar-refractivity contribution in [2.45, 2.75) is 196 Å². The van der Waals surface area contributed by atoms with Crippen LogP contribution in [0.25, 0.3) is 0 Å². The second kappa shape index (κ2) is 43.4. The van der Waals surface area contributed by atoms with Crippen molar-refractivity contribution in [2.75, 3.05) is 153 Å². The van der Waals surface area contributed by atoms with Gasteiger partial charge >= 0.3 is 0 Å². The third-order valence-electron chi connectivity index (χ3n) is 13.1. The Morgan fingerprint density at radius 2 is 0.532 bits per heavy atom. The molecular formula is C57H106N10O12. The molecule has 2 aromatic rings. The van der Waals surface area contributed by atoms with Crippen LogP contribution < -0.4 is 19.6 Å². The second-order valence-corrected chi connectivity index (χ2v) is 20.7. The Morgan fingerprint density at radius 1 is 0.329 bits per heavy atom. The summed E-state index contributed by atoms with van der Waals surface area (Å²) in [4.78, 5) is 37.6. The molecule has 0 unspecified atom stereocenters. The predicted octanol–water partition coefficient (Wildman–Crippen LogP) is 9.77. The molecule has 1 spiro atoms. The van der Waals surface area contributed by atoms with Gasteiger partial charge in [-0.1, -0.05) is 107 Å². The van der Waals surface area contributed by atoms with E-state index in [0.717, 1.165) is 103 Å². The maximum Gasteiger partial charge on any atom is 0.234 e. The van der Waals surface area contributed by atoms with Crippen molar-refractivity contribution in [2.24, 2.45) is 5.41 Å². The number of hydrogen-bond acceptors (Lipinski definition) is 22. The molecule has 0 N–H and O–H groups in total. The third kappa shape index (κ3) is 28.0. The lowest BCUT2D eigenvalue weighted by Crippen LogP contribution is -2.52. The maximum atomic E-state index is 6.42. The molecule has 2 aliphatic rings. The first kappa shape index (κ1) is 68.2. The van der Waals surface area contributed by atoms with Crippen molar-refractivity contribution in [3.8, 4) is 0 Å². The van der Waals surface area contributed by atoms with Crippen molar-refractivity contribution in [3.05, 3.63) is 11.6 Å². The van der Waals surface area contributed by atoms with Gasteiger partial charge in [0.05, 0.1) is 31.8 Å². The standard InChI is InChI=1S/C57H106N10O12/c1-9-17-29-68-41-64(42-69-30-18-10-2)53-58-49(59-54(62-53)65(43-70-31-19-11-3)44-71-32-20-12-4)25-27-51-76-37-57(38-77-51)39-78-52(79-40-57)28-26-50-60-55(66(45-72-33-21-13-5)46-73-34-22-14-6)63-56(61-50)67(47-74-35-23-15-7)48-75-36-24-16-8/h51-52H,9-48H2,1-8H3. The fraction of sp³-hybridized carbons (Fsp3) is 0.895. The lowest BCUT2D eigenvalue weighted by atomic mass is 9.90. The van der Waals surface area contributed by atoms with Gasteiger partial charge in [0.25, 0.3) is 0 Å². The fourth-order valence-corrected chi connectivity index (χ4v) is 7.81. The highest BCUT2D eigenvalue weighted by atomic mass is 16.7. The van der Waals surface area contributed by atoms with E-state index < -0.39 is 18.0 Å². The Morgan fingerprint density at radius 3 is 0.722 bits per heavy atom. The number of aromatic nitrogens is 6. The number of rotatable bonds is 50. The van der Waals surface area contributed by atoms with Crippen LogP contribution in [0.1, 0.15) is 183 Å². The van der Waals surface area contributed by atoms with Gasteiger partial charge in [0, 0.05) is 78.5 Å². The summed E-state index contributed by atoms with van der Waals surface area (Å²) in [5.74, 6) is 3.06. The number of unbranched alkanes of at least 4 members (excludes halogenated alkanes) is 8. The van der Waals surface area contributed by atoms with Crippen LogP contribution in [0.3, 0.4) is 0 Å². The maximum absolute atomic E-state index is 6.42. The zero-order chi connectivity index (χ0) is 56.4. The molecule has 22 heteroatoms.